The van der Waals surface area contributed by atoms with E-state index in [4.69, 9.17) is 17.5 Å². The van der Waals surface area contributed by atoms with Crippen LogP contribution in [0, 0.1) is 0 Å². The monoisotopic (exact) mass is 185 g/mol. The normalized spacial score (nSPS) is 7.25. The molecule has 0 saturated carbocycles. The fourth-order valence-electron chi connectivity index (χ4n) is 0. The van der Waals surface area contributed by atoms with Gasteiger partial charge in [-0.2, -0.15) is 0 Å². The van der Waals surface area contributed by atoms with Crippen molar-refractivity contribution in [1.82, 2.24) is 0 Å². The second-order valence-electron chi connectivity index (χ2n) is 0.408. The van der Waals surface area contributed by atoms with E-state index in [0.717, 1.165) is 0 Å². The van der Waals surface area contributed by atoms with Gasteiger partial charge in [-0.05, 0) is 0 Å². The molecule has 8 heteroatoms. The summed E-state index contributed by atoms with van der Waals surface area (Å²) >= 11 is 0. The van der Waals surface area contributed by atoms with Crippen LogP contribution >= 0.6 is 0 Å². The van der Waals surface area contributed by atoms with Gasteiger partial charge >= 0.3 is 98.3 Å². The molecule has 0 N–H and O–H groups in total. The van der Waals surface area contributed by atoms with Crippen LogP contribution in [0.3, 0.4) is 0 Å². The number of hydrogen-bond acceptors (Lipinski definition) is 4. The Hall–Kier alpha value is 3.04. The Morgan fingerprint density at radius 2 is 1.12 bits per heavy atom. The van der Waals surface area contributed by atoms with Gasteiger partial charge in [0, 0.05) is 10.4 Å². The minimum Gasteiger partial charge on any atom is -0.759 e. The first-order chi connectivity index (χ1) is 2.00. The Morgan fingerprint density at radius 3 is 1.12 bits per heavy atom. The summed E-state index contributed by atoms with van der Waals surface area (Å²) in [6, 6.07) is 0. The number of rotatable bonds is 0. The molecule has 4 nitrogen and oxygen atoms in total. The molecular formula is AlKNaO4S+3. The topological polar surface area (TPSA) is 80.3 Å². The van der Waals surface area contributed by atoms with E-state index in [9.17, 15) is 0 Å². The predicted octanol–water partition coefficient (Wildman–Crippen LogP) is -7.71. The summed E-state index contributed by atoms with van der Waals surface area (Å²) < 4.78 is 34.1. The molecule has 0 fully saturated rings. The van der Waals surface area contributed by atoms with Crippen molar-refractivity contribution in [3.8, 4) is 0 Å². The van der Waals surface area contributed by atoms with Gasteiger partial charge in [0.15, 0.2) is 0 Å². The first kappa shape index (κ1) is 22.5. The van der Waals surface area contributed by atoms with Gasteiger partial charge in [-0.1, -0.05) is 0 Å². The minimum atomic E-state index is -5.17. The van der Waals surface area contributed by atoms with Crippen LogP contribution in [0.25, 0.3) is 0 Å². The Labute approximate surface area is 123 Å². The van der Waals surface area contributed by atoms with Crippen LogP contribution in [0.5, 0.6) is 0 Å². The van der Waals surface area contributed by atoms with E-state index in [1.807, 2.05) is 0 Å². The molecule has 32 valence electrons. The zero-order chi connectivity index (χ0) is 4.50. The molecule has 0 aliphatic rings. The molecule has 0 rings (SSSR count). The maximum atomic E-state index is 8.52. The second kappa shape index (κ2) is 10.0. The van der Waals surface area contributed by atoms with E-state index in [-0.39, 0.29) is 98.3 Å². The van der Waals surface area contributed by atoms with Gasteiger partial charge in [-0.3, -0.25) is 8.42 Å². The van der Waals surface area contributed by atoms with Crippen LogP contribution in [-0.2, 0) is 10.4 Å². The smallest absolute Gasteiger partial charge is 0.759 e. The van der Waals surface area contributed by atoms with Crippen molar-refractivity contribution < 1.29 is 98.5 Å². The molecule has 0 aliphatic heterocycles. The molecular weight excluding hydrogens is 185 g/mol. The van der Waals surface area contributed by atoms with Crippen LogP contribution in [0.2, 0.25) is 0 Å². The summed E-state index contributed by atoms with van der Waals surface area (Å²) in [4.78, 5) is 0. The van der Waals surface area contributed by atoms with E-state index in [1.165, 1.54) is 0 Å². The van der Waals surface area contributed by atoms with Gasteiger partial charge in [-0.25, -0.2) is 0 Å². The Balaban J connectivity index is -0.0000000267. The molecule has 0 bridgehead atoms. The summed E-state index contributed by atoms with van der Waals surface area (Å²) in [7, 11) is -5.17. The van der Waals surface area contributed by atoms with Crippen LogP contribution < -0.4 is 80.9 Å². The quantitative estimate of drug-likeness (QED) is 0.213. The zero-order valence-corrected chi connectivity index (χ0v) is 11.7. The van der Waals surface area contributed by atoms with Crippen molar-refractivity contribution in [2.45, 2.75) is 0 Å². The maximum absolute atomic E-state index is 8.52. The molecule has 0 heterocycles. The third-order valence-electron chi connectivity index (χ3n) is 0. The summed E-state index contributed by atoms with van der Waals surface area (Å²) in [5.74, 6) is 0. The fraction of sp³-hybridized carbons (Fsp3) is 0. The Morgan fingerprint density at radius 1 is 1.12 bits per heavy atom. The first-order valence-corrected chi connectivity index (χ1v) is 2.00. The maximum Gasteiger partial charge on any atom is 3.00 e. The first-order valence-electron chi connectivity index (χ1n) is 0.667. The van der Waals surface area contributed by atoms with Gasteiger partial charge < -0.3 is 9.11 Å². The molecule has 0 aromatic heterocycles. The molecule has 0 atom stereocenters. The van der Waals surface area contributed by atoms with Crippen molar-refractivity contribution in [3.63, 3.8) is 0 Å². The molecule has 0 aromatic carbocycles. The largest absolute Gasteiger partial charge is 3.00 e. The summed E-state index contributed by atoms with van der Waals surface area (Å²) in [6.45, 7) is 0. The van der Waals surface area contributed by atoms with Crippen LogP contribution in [0.15, 0.2) is 0 Å². The molecule has 0 saturated heterocycles. The van der Waals surface area contributed by atoms with Crippen molar-refractivity contribution in [2.75, 3.05) is 0 Å². The van der Waals surface area contributed by atoms with Gasteiger partial charge in [0.05, 0.1) is 0 Å². The Bertz CT molecular complexity index is 99.2. The van der Waals surface area contributed by atoms with Crippen molar-refractivity contribution >= 4 is 27.8 Å². The Kier molecular flexibility index (Phi) is 28.2. The van der Waals surface area contributed by atoms with Crippen LogP contribution in [0.4, 0.5) is 0 Å². The van der Waals surface area contributed by atoms with E-state index in [1.54, 1.807) is 0 Å². The van der Waals surface area contributed by atoms with Gasteiger partial charge in [0.2, 0.25) is 0 Å². The summed E-state index contributed by atoms with van der Waals surface area (Å²) in [6.07, 6.45) is 0. The van der Waals surface area contributed by atoms with Crippen molar-refractivity contribution in [2.24, 2.45) is 0 Å². The molecule has 0 spiro atoms. The van der Waals surface area contributed by atoms with Crippen LogP contribution in [0.1, 0.15) is 0 Å². The van der Waals surface area contributed by atoms with E-state index in [0.29, 0.717) is 0 Å². The predicted molar refractivity (Wildman–Crippen MR) is 16.2 cm³/mol. The third kappa shape index (κ3) is 63.3. The fourth-order valence-corrected chi connectivity index (χ4v) is 0. The second-order valence-corrected chi connectivity index (χ2v) is 1.22. The molecule has 8 heavy (non-hydrogen) atoms. The third-order valence-corrected chi connectivity index (χ3v) is 0. The average Bonchev–Trinajstić information content (AvgIpc) is 0.722. The van der Waals surface area contributed by atoms with Crippen molar-refractivity contribution in [3.05, 3.63) is 0 Å². The van der Waals surface area contributed by atoms with E-state index in [2.05, 4.69) is 0 Å². The van der Waals surface area contributed by atoms with Gasteiger partial charge in [0.1, 0.15) is 0 Å². The molecule has 0 amide bonds. The molecule has 0 aromatic rings. The molecule has 0 radical (unpaired) electrons. The minimum absolute atomic E-state index is 0. The SMILES string of the molecule is O=S(=O)([O-])[O-].[Al+3].[K+].[Na+]. The summed E-state index contributed by atoms with van der Waals surface area (Å²) in [5, 5.41) is 0. The van der Waals surface area contributed by atoms with E-state index < -0.39 is 10.4 Å². The van der Waals surface area contributed by atoms with Gasteiger partial charge in [0.25, 0.3) is 0 Å². The standard InChI is InChI=1S/Al.K.Na.H2O4S/c;;;1-5(2,3)4/h;;;(H2,1,2,3,4)/q+3;2*+1;/p-2. The summed E-state index contributed by atoms with van der Waals surface area (Å²) in [5.41, 5.74) is 0. The average molecular weight is 185 g/mol. The van der Waals surface area contributed by atoms with Crippen molar-refractivity contribution in [1.29, 1.82) is 0 Å². The van der Waals surface area contributed by atoms with E-state index >= 15 is 0 Å². The number of hydrogen-bond donors (Lipinski definition) is 0. The zero-order valence-electron chi connectivity index (χ0n) is 4.62. The van der Waals surface area contributed by atoms with Gasteiger partial charge in [-0.15, -0.1) is 0 Å². The molecule has 0 aliphatic carbocycles. The van der Waals surface area contributed by atoms with Crippen LogP contribution in [-0.4, -0.2) is 34.9 Å². The molecule has 0 unspecified atom stereocenters.